The maximum atomic E-state index is 6.04. The molecule has 1 aliphatic heterocycles. The van der Waals surface area contributed by atoms with Crippen LogP contribution in [0.4, 0.5) is 0 Å². The van der Waals surface area contributed by atoms with Gasteiger partial charge in [0, 0.05) is 23.1 Å². The normalized spacial score (nSPS) is 16.3. The molecule has 4 heterocycles. The third-order valence-electron chi connectivity index (χ3n) is 4.99. The molecule has 1 aliphatic rings. The van der Waals surface area contributed by atoms with Gasteiger partial charge in [0.25, 0.3) is 0 Å². The molecule has 6 heteroatoms. The van der Waals surface area contributed by atoms with E-state index in [9.17, 15) is 0 Å². The summed E-state index contributed by atoms with van der Waals surface area (Å²) in [6, 6.07) is 0. The topological polar surface area (TPSA) is 47.9 Å². The van der Waals surface area contributed by atoms with Crippen LogP contribution in [-0.2, 0) is 17.8 Å². The van der Waals surface area contributed by atoms with Gasteiger partial charge in [-0.1, -0.05) is 19.8 Å². The predicted molar refractivity (Wildman–Crippen MR) is 110 cm³/mol. The largest absolute Gasteiger partial charge is 0.370 e. The maximum Gasteiger partial charge on any atom is 0.126 e. The van der Waals surface area contributed by atoms with E-state index >= 15 is 0 Å². The maximum absolute atomic E-state index is 6.04. The van der Waals surface area contributed by atoms with E-state index in [1.54, 1.807) is 17.7 Å². The fraction of sp³-hybridized carbons (Fsp3) is 0.550. The smallest absolute Gasteiger partial charge is 0.126 e. The van der Waals surface area contributed by atoms with Gasteiger partial charge < -0.3 is 4.74 Å². The third kappa shape index (κ3) is 3.23. The Labute approximate surface area is 162 Å². The summed E-state index contributed by atoms with van der Waals surface area (Å²) in [5, 5.41) is 2.33. The molecule has 0 spiro atoms. The molecule has 3 aromatic heterocycles. The molecule has 0 fully saturated rings. The zero-order valence-corrected chi connectivity index (χ0v) is 17.5. The summed E-state index contributed by atoms with van der Waals surface area (Å²) in [6.07, 6.45) is 6.37. The fourth-order valence-electron chi connectivity index (χ4n) is 3.57. The molecular weight excluding hydrogens is 362 g/mol. The molecule has 0 bridgehead atoms. The summed E-state index contributed by atoms with van der Waals surface area (Å²) in [5.74, 6) is 1.11. The van der Waals surface area contributed by atoms with Crippen molar-refractivity contribution in [1.82, 2.24) is 15.0 Å². The minimum atomic E-state index is -0.146. The molecule has 0 aliphatic carbocycles. The van der Waals surface area contributed by atoms with Crippen molar-refractivity contribution in [3.63, 3.8) is 0 Å². The highest BCUT2D eigenvalue weighted by atomic mass is 32.2. The van der Waals surface area contributed by atoms with Gasteiger partial charge in [0.1, 0.15) is 16.2 Å². The Bertz CT molecular complexity index is 965. The molecular formula is C20H25N3OS2. The highest BCUT2D eigenvalue weighted by Crippen LogP contribution is 2.42. The first-order valence-corrected chi connectivity index (χ1v) is 11.1. The first kappa shape index (κ1) is 18.1. The molecule has 0 N–H and O–H groups in total. The number of nitrogens with zero attached hydrogens (tertiary/aromatic N) is 3. The quantitative estimate of drug-likeness (QED) is 0.320. The van der Waals surface area contributed by atoms with Crippen LogP contribution in [0, 0.1) is 6.92 Å². The van der Waals surface area contributed by atoms with Crippen LogP contribution < -0.4 is 0 Å². The Morgan fingerprint density at radius 1 is 1.23 bits per heavy atom. The van der Waals surface area contributed by atoms with Crippen molar-refractivity contribution in [2.45, 2.75) is 70.6 Å². The van der Waals surface area contributed by atoms with Crippen LogP contribution >= 0.6 is 23.1 Å². The average Bonchev–Trinajstić information content (AvgIpc) is 2.97. The van der Waals surface area contributed by atoms with Crippen LogP contribution in [0.2, 0.25) is 0 Å². The SMILES string of the molecule is CCCCCSc1ncnc2c1sc1nc(C)c3c(c12)CC(C)(C)OC3. The van der Waals surface area contributed by atoms with Gasteiger partial charge in [-0.2, -0.15) is 0 Å². The molecule has 4 rings (SSSR count). The Morgan fingerprint density at radius 2 is 2.08 bits per heavy atom. The van der Waals surface area contributed by atoms with Crippen LogP contribution in [0.3, 0.4) is 0 Å². The number of thioether (sulfide) groups is 1. The first-order chi connectivity index (χ1) is 12.5. The third-order valence-corrected chi connectivity index (χ3v) is 7.27. The van der Waals surface area contributed by atoms with E-state index in [2.05, 4.69) is 37.7 Å². The van der Waals surface area contributed by atoms with E-state index in [0.29, 0.717) is 6.61 Å². The highest BCUT2D eigenvalue weighted by Gasteiger charge is 2.30. The second-order valence-electron chi connectivity index (χ2n) is 7.57. The van der Waals surface area contributed by atoms with Crippen LogP contribution in [-0.4, -0.2) is 26.3 Å². The van der Waals surface area contributed by atoms with Crippen LogP contribution in [0.1, 0.15) is 56.9 Å². The van der Waals surface area contributed by atoms with E-state index in [4.69, 9.17) is 9.72 Å². The van der Waals surface area contributed by atoms with E-state index in [1.165, 1.54) is 40.5 Å². The molecule has 0 unspecified atom stereocenters. The molecule has 0 saturated heterocycles. The molecule has 138 valence electrons. The summed E-state index contributed by atoms with van der Waals surface area (Å²) in [4.78, 5) is 15.2. The van der Waals surface area contributed by atoms with Gasteiger partial charge in [0.05, 0.1) is 22.4 Å². The van der Waals surface area contributed by atoms with Crippen molar-refractivity contribution in [2.75, 3.05) is 5.75 Å². The molecule has 0 atom stereocenters. The molecule has 0 aromatic carbocycles. The number of pyridine rings is 1. The lowest BCUT2D eigenvalue weighted by atomic mass is 9.89. The van der Waals surface area contributed by atoms with E-state index < -0.39 is 0 Å². The second-order valence-corrected chi connectivity index (χ2v) is 9.66. The molecule has 0 saturated carbocycles. The zero-order chi connectivity index (χ0) is 18.3. The van der Waals surface area contributed by atoms with E-state index in [0.717, 1.165) is 33.2 Å². The number of hydrogen-bond acceptors (Lipinski definition) is 6. The van der Waals surface area contributed by atoms with Crippen molar-refractivity contribution in [3.8, 4) is 0 Å². The number of thiophene rings is 1. The Morgan fingerprint density at radius 3 is 2.88 bits per heavy atom. The van der Waals surface area contributed by atoms with Gasteiger partial charge >= 0.3 is 0 Å². The highest BCUT2D eigenvalue weighted by molar-refractivity contribution is 7.99. The minimum absolute atomic E-state index is 0.146. The van der Waals surface area contributed by atoms with Gasteiger partial charge in [0.15, 0.2) is 0 Å². The molecule has 3 aromatic rings. The van der Waals surface area contributed by atoms with Crippen molar-refractivity contribution in [3.05, 3.63) is 23.1 Å². The fourth-order valence-corrected chi connectivity index (χ4v) is 5.85. The first-order valence-electron chi connectivity index (χ1n) is 9.32. The number of ether oxygens (including phenoxy) is 1. The van der Waals surface area contributed by atoms with Crippen molar-refractivity contribution in [1.29, 1.82) is 0 Å². The standard InChI is InChI=1S/C20H25N3OS2/c1-5-6-7-8-25-19-17-16(21-11-22-19)15-13-9-20(3,4)24-10-14(13)12(2)23-18(15)26-17/h11H,5-10H2,1-4H3. The predicted octanol–water partition coefficient (Wildman–Crippen LogP) is 5.68. The lowest BCUT2D eigenvalue weighted by Crippen LogP contribution is -2.32. The summed E-state index contributed by atoms with van der Waals surface area (Å²) in [5.41, 5.74) is 4.62. The minimum Gasteiger partial charge on any atom is -0.370 e. The van der Waals surface area contributed by atoms with E-state index in [-0.39, 0.29) is 5.60 Å². The van der Waals surface area contributed by atoms with Crippen molar-refractivity contribution >= 4 is 43.5 Å². The van der Waals surface area contributed by atoms with Crippen LogP contribution in [0.5, 0.6) is 0 Å². The van der Waals surface area contributed by atoms with Gasteiger partial charge in [-0.3, -0.25) is 0 Å². The zero-order valence-electron chi connectivity index (χ0n) is 15.9. The number of hydrogen-bond donors (Lipinski definition) is 0. The Hall–Kier alpha value is -1.24. The number of aryl methyl sites for hydroxylation is 1. The van der Waals surface area contributed by atoms with Gasteiger partial charge in [0.2, 0.25) is 0 Å². The van der Waals surface area contributed by atoms with Gasteiger partial charge in [-0.05, 0) is 38.5 Å². The lowest BCUT2D eigenvalue weighted by molar-refractivity contribution is -0.0400. The average molecular weight is 388 g/mol. The summed E-state index contributed by atoms with van der Waals surface area (Å²) < 4.78 is 7.22. The van der Waals surface area contributed by atoms with Crippen LogP contribution in [0.15, 0.2) is 11.4 Å². The summed E-state index contributed by atoms with van der Waals surface area (Å²) >= 11 is 3.59. The molecule has 0 radical (unpaired) electrons. The summed E-state index contributed by atoms with van der Waals surface area (Å²) in [6.45, 7) is 9.29. The van der Waals surface area contributed by atoms with Gasteiger partial charge in [-0.25, -0.2) is 15.0 Å². The van der Waals surface area contributed by atoms with E-state index in [1.807, 2.05) is 11.8 Å². The number of unbranched alkanes of at least 4 members (excludes halogenated alkanes) is 2. The molecule has 26 heavy (non-hydrogen) atoms. The Balaban J connectivity index is 1.85. The Kier molecular flexibility index (Phi) is 4.92. The van der Waals surface area contributed by atoms with Crippen molar-refractivity contribution < 1.29 is 4.74 Å². The number of fused-ring (bicyclic) bond motifs is 5. The summed E-state index contributed by atoms with van der Waals surface area (Å²) in [7, 11) is 0. The monoisotopic (exact) mass is 387 g/mol. The number of aromatic nitrogens is 3. The van der Waals surface area contributed by atoms with Gasteiger partial charge in [-0.15, -0.1) is 23.1 Å². The van der Waals surface area contributed by atoms with Crippen LogP contribution in [0.25, 0.3) is 20.4 Å². The lowest BCUT2D eigenvalue weighted by Gasteiger charge is -2.32. The molecule has 0 amide bonds. The second kappa shape index (κ2) is 7.06. The number of rotatable bonds is 5. The van der Waals surface area contributed by atoms with Crippen molar-refractivity contribution in [2.24, 2.45) is 0 Å². The molecule has 4 nitrogen and oxygen atoms in total.